The van der Waals surface area contributed by atoms with E-state index in [0.717, 1.165) is 39.4 Å². The van der Waals surface area contributed by atoms with Crippen molar-refractivity contribution < 1.29 is 14.3 Å². The Bertz CT molecular complexity index is 368. The molecule has 136 valence electrons. The summed E-state index contributed by atoms with van der Waals surface area (Å²) in [5.41, 5.74) is 0. The van der Waals surface area contributed by atoms with Crippen molar-refractivity contribution in [2.75, 3.05) is 66.1 Å². The molecule has 1 atom stereocenters. The van der Waals surface area contributed by atoms with Gasteiger partial charge in [0.25, 0.3) is 0 Å². The molecule has 0 radical (unpaired) electrons. The van der Waals surface area contributed by atoms with Gasteiger partial charge in [0, 0.05) is 52.2 Å². The monoisotopic (exact) mass is 370 g/mol. The summed E-state index contributed by atoms with van der Waals surface area (Å²) in [5.74, 6) is -0.108. The third-order valence-corrected chi connectivity index (χ3v) is 4.05. The van der Waals surface area contributed by atoms with Gasteiger partial charge < -0.3 is 20.3 Å². The molecule has 7 nitrogen and oxygen atoms in total. The Morgan fingerprint density at radius 1 is 1.22 bits per heavy atom. The average Bonchev–Trinajstić information content (AvgIpc) is 2.88. The lowest BCUT2D eigenvalue weighted by atomic mass is 10.1. The van der Waals surface area contributed by atoms with Crippen molar-refractivity contribution in [1.82, 2.24) is 20.4 Å². The second-order valence-corrected chi connectivity index (χ2v) is 5.59. The highest BCUT2D eigenvalue weighted by molar-refractivity contribution is 5.89. The Kier molecular flexibility index (Phi) is 11.6. The van der Waals surface area contributed by atoms with Crippen molar-refractivity contribution in [2.24, 2.45) is 5.92 Å². The minimum absolute atomic E-state index is 0. The number of nitrogens with zero attached hydrogens (tertiary/aromatic N) is 2. The van der Waals surface area contributed by atoms with Crippen LogP contribution in [0.5, 0.6) is 0 Å². The molecule has 2 saturated heterocycles. The summed E-state index contributed by atoms with van der Waals surface area (Å²) in [6.07, 6.45) is 0.342. The van der Waals surface area contributed by atoms with Gasteiger partial charge in [0.2, 0.25) is 11.8 Å². The number of rotatable bonds is 7. The first kappa shape index (κ1) is 22.4. The molecule has 2 amide bonds. The van der Waals surface area contributed by atoms with Crippen LogP contribution in [0.4, 0.5) is 0 Å². The first-order valence-corrected chi connectivity index (χ1v) is 7.71. The molecule has 0 saturated carbocycles. The van der Waals surface area contributed by atoms with Crippen molar-refractivity contribution in [2.45, 2.75) is 6.42 Å². The number of likely N-dealkylation sites (tertiary alicyclic amines) is 1. The Morgan fingerprint density at radius 2 is 1.91 bits per heavy atom. The van der Waals surface area contributed by atoms with Crippen molar-refractivity contribution in [3.63, 3.8) is 0 Å². The molecular formula is C14H28Cl2N4O3. The molecule has 9 heteroatoms. The second-order valence-electron chi connectivity index (χ2n) is 5.59. The van der Waals surface area contributed by atoms with Gasteiger partial charge in [-0.3, -0.25) is 14.5 Å². The maximum Gasteiger partial charge on any atom is 0.225 e. The van der Waals surface area contributed by atoms with E-state index in [-0.39, 0.29) is 42.5 Å². The largest absolute Gasteiger partial charge is 0.379 e. The van der Waals surface area contributed by atoms with Crippen LogP contribution in [0.3, 0.4) is 0 Å². The van der Waals surface area contributed by atoms with Crippen LogP contribution in [0, 0.1) is 5.92 Å². The van der Waals surface area contributed by atoms with Crippen LogP contribution < -0.4 is 10.6 Å². The minimum atomic E-state index is -0.195. The third-order valence-electron chi connectivity index (χ3n) is 4.05. The predicted molar refractivity (Wildman–Crippen MR) is 93.4 cm³/mol. The molecule has 0 aromatic rings. The SMILES string of the molecule is CNCCNC(=O)C1CC(=O)N(CCN2CCOCC2)C1.Cl.Cl. The van der Waals surface area contributed by atoms with Gasteiger partial charge in [0.05, 0.1) is 19.1 Å². The van der Waals surface area contributed by atoms with Gasteiger partial charge in [0.15, 0.2) is 0 Å². The lowest BCUT2D eigenvalue weighted by molar-refractivity contribution is -0.129. The normalized spacial score (nSPS) is 21.5. The van der Waals surface area contributed by atoms with Crippen LogP contribution in [0.15, 0.2) is 0 Å². The molecule has 0 spiro atoms. The van der Waals surface area contributed by atoms with Gasteiger partial charge in [-0.25, -0.2) is 0 Å². The fourth-order valence-electron chi connectivity index (χ4n) is 2.71. The van der Waals surface area contributed by atoms with Crippen molar-refractivity contribution in [3.8, 4) is 0 Å². The van der Waals surface area contributed by atoms with Crippen LogP contribution in [-0.2, 0) is 14.3 Å². The number of likely N-dealkylation sites (N-methyl/N-ethyl adjacent to an activating group) is 1. The van der Waals surface area contributed by atoms with E-state index in [4.69, 9.17) is 4.74 Å². The van der Waals surface area contributed by atoms with Crippen LogP contribution in [0.25, 0.3) is 0 Å². The average molecular weight is 371 g/mol. The summed E-state index contributed by atoms with van der Waals surface area (Å²) < 4.78 is 5.31. The Morgan fingerprint density at radius 3 is 2.57 bits per heavy atom. The molecule has 2 N–H and O–H groups in total. The highest BCUT2D eigenvalue weighted by atomic mass is 35.5. The summed E-state index contributed by atoms with van der Waals surface area (Å²) in [6, 6.07) is 0. The van der Waals surface area contributed by atoms with Gasteiger partial charge in [-0.15, -0.1) is 24.8 Å². The van der Waals surface area contributed by atoms with Gasteiger partial charge in [0.1, 0.15) is 0 Å². The zero-order chi connectivity index (χ0) is 15.1. The molecule has 0 aromatic heterocycles. The lowest BCUT2D eigenvalue weighted by Crippen LogP contribution is -2.42. The van der Waals surface area contributed by atoms with E-state index in [9.17, 15) is 9.59 Å². The predicted octanol–water partition coefficient (Wildman–Crippen LogP) is -0.654. The van der Waals surface area contributed by atoms with E-state index in [1.807, 2.05) is 11.9 Å². The van der Waals surface area contributed by atoms with E-state index in [2.05, 4.69) is 15.5 Å². The van der Waals surface area contributed by atoms with Crippen LogP contribution in [0.1, 0.15) is 6.42 Å². The maximum atomic E-state index is 12.0. The summed E-state index contributed by atoms with van der Waals surface area (Å²) in [6.45, 7) is 6.86. The van der Waals surface area contributed by atoms with E-state index < -0.39 is 0 Å². The van der Waals surface area contributed by atoms with Crippen molar-refractivity contribution in [3.05, 3.63) is 0 Å². The quantitative estimate of drug-likeness (QED) is 0.582. The van der Waals surface area contributed by atoms with Gasteiger partial charge >= 0.3 is 0 Å². The van der Waals surface area contributed by atoms with Gasteiger partial charge in [-0.1, -0.05) is 0 Å². The molecule has 0 bridgehead atoms. The zero-order valence-corrected chi connectivity index (χ0v) is 15.2. The molecule has 2 heterocycles. The molecule has 2 aliphatic rings. The molecule has 23 heavy (non-hydrogen) atoms. The lowest BCUT2D eigenvalue weighted by Gasteiger charge is -2.28. The van der Waals surface area contributed by atoms with Gasteiger partial charge in [-0.05, 0) is 7.05 Å². The number of ether oxygens (including phenoxy) is 1. The van der Waals surface area contributed by atoms with Crippen molar-refractivity contribution >= 4 is 36.6 Å². The molecule has 2 aliphatic heterocycles. The number of hydrogen-bond acceptors (Lipinski definition) is 5. The number of morpholine rings is 1. The molecular weight excluding hydrogens is 343 g/mol. The number of halogens is 2. The molecule has 0 aliphatic carbocycles. The highest BCUT2D eigenvalue weighted by Crippen LogP contribution is 2.17. The summed E-state index contributed by atoms with van der Waals surface area (Å²) in [4.78, 5) is 28.1. The van der Waals surface area contributed by atoms with E-state index in [0.29, 0.717) is 26.1 Å². The summed E-state index contributed by atoms with van der Waals surface area (Å²) in [7, 11) is 1.85. The van der Waals surface area contributed by atoms with Crippen molar-refractivity contribution in [1.29, 1.82) is 0 Å². The number of carbonyl (C=O) groups excluding carboxylic acids is 2. The fourth-order valence-corrected chi connectivity index (χ4v) is 2.71. The zero-order valence-electron chi connectivity index (χ0n) is 13.6. The number of amides is 2. The minimum Gasteiger partial charge on any atom is -0.379 e. The molecule has 0 aromatic carbocycles. The summed E-state index contributed by atoms with van der Waals surface area (Å²) in [5, 5.41) is 5.84. The van der Waals surface area contributed by atoms with Crippen LogP contribution in [-0.4, -0.2) is 87.7 Å². The molecule has 1 unspecified atom stereocenters. The van der Waals surface area contributed by atoms with Gasteiger partial charge in [-0.2, -0.15) is 0 Å². The first-order valence-electron chi connectivity index (χ1n) is 7.71. The number of carbonyl (C=O) groups is 2. The topological polar surface area (TPSA) is 73.9 Å². The molecule has 2 rings (SSSR count). The highest BCUT2D eigenvalue weighted by Gasteiger charge is 2.34. The Hall–Kier alpha value is -0.600. The van der Waals surface area contributed by atoms with E-state index >= 15 is 0 Å². The number of hydrogen-bond donors (Lipinski definition) is 2. The van der Waals surface area contributed by atoms with E-state index in [1.54, 1.807) is 0 Å². The van der Waals surface area contributed by atoms with Crippen LogP contribution >= 0.6 is 24.8 Å². The van der Waals surface area contributed by atoms with Crippen LogP contribution in [0.2, 0.25) is 0 Å². The standard InChI is InChI=1S/C14H26N4O3.2ClH/c1-15-2-3-16-14(20)12-10-13(19)18(11-12)5-4-17-6-8-21-9-7-17;;/h12,15H,2-11H2,1H3,(H,16,20);2*1H. The summed E-state index contributed by atoms with van der Waals surface area (Å²) >= 11 is 0. The first-order chi connectivity index (χ1) is 10.2. The second kappa shape index (κ2) is 11.9. The Balaban J connectivity index is 0.00000242. The Labute approximate surface area is 150 Å². The fraction of sp³-hybridized carbons (Fsp3) is 0.857. The third kappa shape index (κ3) is 7.22. The molecule has 2 fully saturated rings. The smallest absolute Gasteiger partial charge is 0.225 e. The van der Waals surface area contributed by atoms with E-state index in [1.165, 1.54) is 0 Å². The maximum absolute atomic E-state index is 12.0. The number of nitrogens with one attached hydrogen (secondary N) is 2.